The van der Waals surface area contributed by atoms with Crippen molar-refractivity contribution in [1.29, 1.82) is 0 Å². The molecule has 2 aromatic rings. The van der Waals surface area contributed by atoms with Crippen LogP contribution in [0.2, 0.25) is 0 Å². The molecule has 1 saturated heterocycles. The Kier molecular flexibility index (Phi) is 5.66. The van der Waals surface area contributed by atoms with Gasteiger partial charge < -0.3 is 18.8 Å². The molecule has 0 radical (unpaired) electrons. The lowest BCUT2D eigenvalue weighted by Crippen LogP contribution is -2.41. The van der Waals surface area contributed by atoms with Crippen LogP contribution in [0.1, 0.15) is 18.9 Å². The van der Waals surface area contributed by atoms with Crippen molar-refractivity contribution in [1.82, 2.24) is 19.7 Å². The maximum absolute atomic E-state index is 5.87. The third kappa shape index (κ3) is 3.85. The Morgan fingerprint density at radius 1 is 1.29 bits per heavy atom. The number of aromatic nitrogens is 3. The number of methoxy groups -OCH3 is 1. The van der Waals surface area contributed by atoms with Gasteiger partial charge in [-0.05, 0) is 19.1 Å². The number of morpholine rings is 1. The summed E-state index contributed by atoms with van der Waals surface area (Å²) in [5.74, 6) is 2.43. The fraction of sp³-hybridized carbons (Fsp3) is 0.529. The highest BCUT2D eigenvalue weighted by molar-refractivity contribution is 5.39. The first-order chi connectivity index (χ1) is 11.8. The third-order valence-corrected chi connectivity index (χ3v) is 4.16. The Morgan fingerprint density at radius 2 is 2.12 bits per heavy atom. The van der Waals surface area contributed by atoms with E-state index in [-0.39, 0.29) is 6.10 Å². The van der Waals surface area contributed by atoms with Gasteiger partial charge in [0.05, 0.1) is 13.7 Å². The molecule has 1 atom stereocenters. The van der Waals surface area contributed by atoms with Crippen molar-refractivity contribution < 1.29 is 14.2 Å². The van der Waals surface area contributed by atoms with Crippen LogP contribution in [-0.2, 0) is 11.3 Å². The van der Waals surface area contributed by atoms with Crippen molar-refractivity contribution in [3.05, 3.63) is 36.4 Å². The van der Waals surface area contributed by atoms with Gasteiger partial charge in [0.1, 0.15) is 19.0 Å². The van der Waals surface area contributed by atoms with Crippen LogP contribution in [0.5, 0.6) is 11.5 Å². The van der Waals surface area contributed by atoms with Crippen molar-refractivity contribution in [2.75, 3.05) is 40.0 Å². The highest BCUT2D eigenvalue weighted by atomic mass is 16.5. The van der Waals surface area contributed by atoms with E-state index in [0.717, 1.165) is 43.5 Å². The maximum Gasteiger partial charge on any atom is 0.163 e. The van der Waals surface area contributed by atoms with Gasteiger partial charge >= 0.3 is 0 Å². The largest absolute Gasteiger partial charge is 0.493 e. The molecule has 0 N–H and O–H groups in total. The molecular weight excluding hydrogens is 308 g/mol. The topological polar surface area (TPSA) is 61.6 Å². The molecule has 0 saturated carbocycles. The fourth-order valence-electron chi connectivity index (χ4n) is 2.84. The van der Waals surface area contributed by atoms with Crippen molar-refractivity contribution in [3.63, 3.8) is 0 Å². The van der Waals surface area contributed by atoms with Gasteiger partial charge in [0, 0.05) is 26.2 Å². The summed E-state index contributed by atoms with van der Waals surface area (Å²) in [4.78, 5) is 2.33. The Balaban J connectivity index is 1.52. The number of benzene rings is 1. The van der Waals surface area contributed by atoms with Crippen LogP contribution >= 0.6 is 0 Å². The molecule has 0 spiro atoms. The summed E-state index contributed by atoms with van der Waals surface area (Å²) in [6.45, 7) is 6.75. The Labute approximate surface area is 142 Å². The van der Waals surface area contributed by atoms with Crippen molar-refractivity contribution >= 4 is 0 Å². The van der Waals surface area contributed by atoms with Crippen LogP contribution in [-0.4, -0.2) is 59.6 Å². The van der Waals surface area contributed by atoms with Gasteiger partial charge in [-0.25, -0.2) is 0 Å². The first-order valence-electron chi connectivity index (χ1n) is 8.29. The van der Waals surface area contributed by atoms with Gasteiger partial charge in [-0.1, -0.05) is 12.1 Å². The number of rotatable bonds is 7. The number of nitrogens with zero attached hydrogens (tertiary/aromatic N) is 4. The van der Waals surface area contributed by atoms with Crippen molar-refractivity contribution in [2.24, 2.45) is 0 Å². The minimum atomic E-state index is -0.0348. The molecular formula is C17H24N4O3. The maximum atomic E-state index is 5.87. The molecule has 1 fully saturated rings. The lowest BCUT2D eigenvalue weighted by atomic mass is 10.2. The SMILES string of the molecule is CCn1cnnc1[C@@H]1CN(CCOc2ccccc2OC)CCO1. The lowest BCUT2D eigenvalue weighted by molar-refractivity contribution is -0.0388. The second-order valence-corrected chi connectivity index (χ2v) is 5.63. The van der Waals surface area contributed by atoms with Gasteiger partial charge in [0.2, 0.25) is 0 Å². The normalized spacial score (nSPS) is 18.5. The number of ether oxygens (including phenoxy) is 3. The minimum absolute atomic E-state index is 0.0348. The average Bonchev–Trinajstić information content (AvgIpc) is 3.11. The van der Waals surface area contributed by atoms with E-state index in [1.165, 1.54) is 0 Å². The van der Waals surface area contributed by atoms with Crippen LogP contribution in [0, 0.1) is 0 Å². The zero-order chi connectivity index (χ0) is 16.8. The summed E-state index contributed by atoms with van der Waals surface area (Å²) < 4.78 is 19.1. The number of hydrogen-bond acceptors (Lipinski definition) is 6. The predicted octanol–water partition coefficient (Wildman–Crippen LogP) is 1.76. The minimum Gasteiger partial charge on any atom is -0.493 e. The highest BCUT2D eigenvalue weighted by Crippen LogP contribution is 2.26. The van der Waals surface area contributed by atoms with Gasteiger partial charge in [0.15, 0.2) is 17.3 Å². The number of para-hydroxylation sites is 2. The molecule has 130 valence electrons. The number of aryl methyl sites for hydroxylation is 1. The van der Waals surface area contributed by atoms with E-state index < -0.39 is 0 Å². The molecule has 1 aliphatic rings. The summed E-state index contributed by atoms with van der Waals surface area (Å²) in [7, 11) is 1.65. The molecule has 0 bridgehead atoms. The second kappa shape index (κ2) is 8.12. The smallest absolute Gasteiger partial charge is 0.163 e. The standard InChI is InChI=1S/C17H24N4O3/c1-3-21-13-18-19-17(21)16-12-20(9-11-24-16)8-10-23-15-7-5-4-6-14(15)22-2/h4-7,13,16H,3,8-12H2,1-2H3/t16-/m0/s1. The van der Waals surface area contributed by atoms with Crippen molar-refractivity contribution in [3.8, 4) is 11.5 Å². The molecule has 1 aromatic carbocycles. The van der Waals surface area contributed by atoms with Gasteiger partial charge in [-0.15, -0.1) is 10.2 Å². The molecule has 1 aromatic heterocycles. The lowest BCUT2D eigenvalue weighted by Gasteiger charge is -2.32. The fourth-order valence-corrected chi connectivity index (χ4v) is 2.84. The molecule has 0 aliphatic carbocycles. The zero-order valence-corrected chi connectivity index (χ0v) is 14.2. The zero-order valence-electron chi connectivity index (χ0n) is 14.2. The quantitative estimate of drug-likeness (QED) is 0.770. The van der Waals surface area contributed by atoms with Crippen LogP contribution in [0.15, 0.2) is 30.6 Å². The molecule has 7 nitrogen and oxygen atoms in total. The van der Waals surface area contributed by atoms with E-state index in [2.05, 4.69) is 22.0 Å². The van der Waals surface area contributed by atoms with E-state index >= 15 is 0 Å². The Hall–Kier alpha value is -2.12. The third-order valence-electron chi connectivity index (χ3n) is 4.16. The Morgan fingerprint density at radius 3 is 2.92 bits per heavy atom. The monoisotopic (exact) mass is 332 g/mol. The van der Waals surface area contributed by atoms with Crippen LogP contribution in [0.3, 0.4) is 0 Å². The molecule has 1 aliphatic heterocycles. The highest BCUT2D eigenvalue weighted by Gasteiger charge is 2.25. The molecule has 2 heterocycles. The van der Waals surface area contributed by atoms with E-state index in [9.17, 15) is 0 Å². The van der Waals surface area contributed by atoms with E-state index in [4.69, 9.17) is 14.2 Å². The summed E-state index contributed by atoms with van der Waals surface area (Å²) in [6.07, 6.45) is 1.72. The van der Waals surface area contributed by atoms with Gasteiger partial charge in [0.25, 0.3) is 0 Å². The van der Waals surface area contributed by atoms with Crippen LogP contribution in [0.25, 0.3) is 0 Å². The first-order valence-corrected chi connectivity index (χ1v) is 8.29. The summed E-state index contributed by atoms with van der Waals surface area (Å²) in [6, 6.07) is 7.70. The molecule has 0 amide bonds. The molecule has 24 heavy (non-hydrogen) atoms. The molecule has 3 rings (SSSR count). The predicted molar refractivity (Wildman–Crippen MR) is 89.3 cm³/mol. The van der Waals surface area contributed by atoms with Gasteiger partial charge in [-0.3, -0.25) is 4.90 Å². The number of hydrogen-bond donors (Lipinski definition) is 0. The van der Waals surface area contributed by atoms with E-state index in [1.54, 1.807) is 13.4 Å². The summed E-state index contributed by atoms with van der Waals surface area (Å²) >= 11 is 0. The van der Waals surface area contributed by atoms with Crippen molar-refractivity contribution in [2.45, 2.75) is 19.6 Å². The average molecular weight is 332 g/mol. The van der Waals surface area contributed by atoms with Gasteiger partial charge in [-0.2, -0.15) is 0 Å². The second-order valence-electron chi connectivity index (χ2n) is 5.63. The molecule has 7 heteroatoms. The summed E-state index contributed by atoms with van der Waals surface area (Å²) in [5, 5.41) is 8.20. The van der Waals surface area contributed by atoms with E-state index in [1.807, 2.05) is 28.8 Å². The Bertz CT molecular complexity index is 646. The summed E-state index contributed by atoms with van der Waals surface area (Å²) in [5.41, 5.74) is 0. The van der Waals surface area contributed by atoms with Crippen LogP contribution in [0.4, 0.5) is 0 Å². The molecule has 0 unspecified atom stereocenters. The first kappa shape index (κ1) is 16.7. The van der Waals surface area contributed by atoms with E-state index in [0.29, 0.717) is 13.2 Å². The van der Waals surface area contributed by atoms with Crippen LogP contribution < -0.4 is 9.47 Å².